The largest absolute Gasteiger partial charge is 0.469 e. The zero-order chi connectivity index (χ0) is 40.5. The number of esters is 4. The molecule has 0 aliphatic carbocycles. The number of ether oxygens (including phenoxy) is 4. The molecule has 0 bridgehead atoms. The van der Waals surface area contributed by atoms with Gasteiger partial charge in [0.05, 0.1) is 35.8 Å². The first-order chi connectivity index (χ1) is 25.5. The van der Waals surface area contributed by atoms with Gasteiger partial charge >= 0.3 is 23.9 Å². The summed E-state index contributed by atoms with van der Waals surface area (Å²) in [5, 5.41) is 17.2. The third-order valence-electron chi connectivity index (χ3n) is 9.38. The predicted molar refractivity (Wildman–Crippen MR) is 200 cm³/mol. The lowest BCUT2D eigenvalue weighted by Gasteiger charge is -2.41. The molecule has 0 aromatic heterocycles. The SMILES string of the molecule is CCOC(=O)c1ccc(N=NC(C(C)=O)C(=O)OCCOC(=O)C(C)(C)CC(C)(CC(C)(CC(CC)c2ccccc2)C(=O)OC)C(=O)CCCO)cc1. The van der Waals surface area contributed by atoms with Crippen molar-refractivity contribution in [2.75, 3.05) is 33.5 Å². The minimum absolute atomic E-state index is 0.00111. The number of hydrogen-bond acceptors (Lipinski definition) is 13. The van der Waals surface area contributed by atoms with Crippen LogP contribution in [0, 0.1) is 16.2 Å². The van der Waals surface area contributed by atoms with Crippen LogP contribution in [0.25, 0.3) is 0 Å². The average molecular weight is 753 g/mol. The number of benzene rings is 2. The maximum atomic E-state index is 13.9. The topological polar surface area (TPSA) is 184 Å². The van der Waals surface area contributed by atoms with Crippen LogP contribution in [0.4, 0.5) is 5.69 Å². The second-order valence-corrected chi connectivity index (χ2v) is 14.6. The maximum Gasteiger partial charge on any atom is 0.340 e. The van der Waals surface area contributed by atoms with Crippen molar-refractivity contribution in [3.05, 3.63) is 65.7 Å². The van der Waals surface area contributed by atoms with Crippen LogP contribution in [0.2, 0.25) is 0 Å². The van der Waals surface area contributed by atoms with Crippen LogP contribution in [0.3, 0.4) is 0 Å². The van der Waals surface area contributed by atoms with Crippen molar-refractivity contribution in [3.8, 4) is 0 Å². The van der Waals surface area contributed by atoms with Crippen molar-refractivity contribution in [2.24, 2.45) is 26.5 Å². The van der Waals surface area contributed by atoms with Crippen molar-refractivity contribution < 1.29 is 52.8 Å². The van der Waals surface area contributed by atoms with Gasteiger partial charge in [0, 0.05) is 18.4 Å². The molecule has 2 rings (SSSR count). The Morgan fingerprint density at radius 1 is 0.796 bits per heavy atom. The maximum absolute atomic E-state index is 13.9. The van der Waals surface area contributed by atoms with Gasteiger partial charge < -0.3 is 24.1 Å². The van der Waals surface area contributed by atoms with Crippen LogP contribution in [0.1, 0.15) is 109 Å². The minimum atomic E-state index is -1.56. The molecule has 2 aromatic carbocycles. The van der Waals surface area contributed by atoms with E-state index in [9.17, 15) is 33.9 Å². The van der Waals surface area contributed by atoms with Crippen molar-refractivity contribution in [3.63, 3.8) is 0 Å². The molecule has 0 aliphatic heterocycles. The van der Waals surface area contributed by atoms with Crippen molar-refractivity contribution in [1.82, 2.24) is 0 Å². The number of rotatable bonds is 23. The summed E-state index contributed by atoms with van der Waals surface area (Å²) in [6.07, 6.45) is 1.53. The highest BCUT2D eigenvalue weighted by molar-refractivity contribution is 6.02. The number of hydrogen-bond donors (Lipinski definition) is 1. The number of aliphatic hydroxyl groups is 1. The summed E-state index contributed by atoms with van der Waals surface area (Å²) in [5.41, 5.74) is -1.87. The smallest absolute Gasteiger partial charge is 0.340 e. The van der Waals surface area contributed by atoms with Gasteiger partial charge in [-0.25, -0.2) is 9.59 Å². The molecule has 0 heterocycles. The highest BCUT2D eigenvalue weighted by Crippen LogP contribution is 2.48. The molecule has 0 spiro atoms. The second-order valence-electron chi connectivity index (χ2n) is 14.6. The van der Waals surface area contributed by atoms with Crippen LogP contribution >= 0.6 is 0 Å². The van der Waals surface area contributed by atoms with Gasteiger partial charge in [0.15, 0.2) is 5.78 Å². The zero-order valence-corrected chi connectivity index (χ0v) is 32.8. The van der Waals surface area contributed by atoms with E-state index in [0.717, 1.165) is 18.9 Å². The highest BCUT2D eigenvalue weighted by Gasteiger charge is 2.49. The molecule has 13 heteroatoms. The zero-order valence-electron chi connectivity index (χ0n) is 32.8. The van der Waals surface area contributed by atoms with Crippen LogP contribution in [0.15, 0.2) is 64.8 Å². The number of ketones is 2. The summed E-state index contributed by atoms with van der Waals surface area (Å²) in [7, 11) is 1.32. The Hall–Kier alpha value is -4.78. The molecule has 0 radical (unpaired) electrons. The monoisotopic (exact) mass is 752 g/mol. The predicted octanol–water partition coefficient (Wildman–Crippen LogP) is 6.91. The van der Waals surface area contributed by atoms with E-state index in [4.69, 9.17) is 18.9 Å². The van der Waals surface area contributed by atoms with Gasteiger partial charge in [-0.2, -0.15) is 10.2 Å². The number of nitrogens with zero attached hydrogens (tertiary/aromatic N) is 2. The summed E-state index contributed by atoms with van der Waals surface area (Å²) in [4.78, 5) is 77.6. The molecule has 0 saturated carbocycles. The lowest BCUT2D eigenvalue weighted by Crippen LogP contribution is -2.44. The molecule has 4 atom stereocenters. The summed E-state index contributed by atoms with van der Waals surface area (Å²) in [6.45, 7) is 11.0. The standard InChI is InChI=1S/C41H56N2O11/c1-9-29(30-15-12-11-13-16-30)25-40(6,38(50)51-8)27-41(7,33(46)17-14-22-44)26-39(4,5)37(49)54-24-23-53-36(48)34(28(3)45)43-42-32-20-18-31(19-21-32)35(47)52-10-2/h11-13,15-16,18-21,29,34,44H,9-10,14,17,22-27H2,1-8H3. The Kier molecular flexibility index (Phi) is 17.8. The number of azo groups is 1. The van der Waals surface area contributed by atoms with E-state index in [-0.39, 0.29) is 69.5 Å². The van der Waals surface area contributed by atoms with Crippen LogP contribution in [-0.4, -0.2) is 80.1 Å². The molecule has 2 aromatic rings. The number of carbonyl (C=O) groups excluding carboxylic acids is 6. The van der Waals surface area contributed by atoms with E-state index in [2.05, 4.69) is 10.2 Å². The third kappa shape index (κ3) is 13.3. The minimum Gasteiger partial charge on any atom is -0.469 e. The van der Waals surface area contributed by atoms with E-state index < -0.39 is 51.9 Å². The molecule has 4 unspecified atom stereocenters. The van der Waals surface area contributed by atoms with Crippen LogP contribution in [0.5, 0.6) is 0 Å². The fourth-order valence-corrected chi connectivity index (χ4v) is 6.80. The Balaban J connectivity index is 2.15. The summed E-state index contributed by atoms with van der Waals surface area (Å²) in [6, 6.07) is 14.2. The fraction of sp³-hybridized carbons (Fsp3) is 0.561. The number of Topliss-reactive ketones (excluding diaryl/α,β-unsaturated/α-hetero) is 2. The third-order valence-corrected chi connectivity index (χ3v) is 9.38. The van der Waals surface area contributed by atoms with E-state index in [0.29, 0.717) is 12.0 Å². The van der Waals surface area contributed by atoms with Crippen molar-refractivity contribution >= 4 is 41.1 Å². The number of aliphatic hydroxyl groups excluding tert-OH is 1. The molecule has 0 amide bonds. The van der Waals surface area contributed by atoms with Gasteiger partial charge in [-0.15, -0.1) is 0 Å². The van der Waals surface area contributed by atoms with Crippen molar-refractivity contribution in [1.29, 1.82) is 0 Å². The number of carbonyl (C=O) groups is 6. The van der Waals surface area contributed by atoms with Gasteiger partial charge in [0.1, 0.15) is 19.0 Å². The molecule has 0 fully saturated rings. The molecule has 54 heavy (non-hydrogen) atoms. The molecular weight excluding hydrogens is 696 g/mol. The van der Waals surface area contributed by atoms with E-state index in [1.165, 1.54) is 31.4 Å². The van der Waals surface area contributed by atoms with E-state index in [1.54, 1.807) is 34.6 Å². The van der Waals surface area contributed by atoms with Crippen LogP contribution in [-0.2, 0) is 42.9 Å². The van der Waals surface area contributed by atoms with E-state index in [1.807, 2.05) is 37.3 Å². The normalized spacial score (nSPS) is 14.9. The highest BCUT2D eigenvalue weighted by atomic mass is 16.6. The van der Waals surface area contributed by atoms with Gasteiger partial charge in [0.2, 0.25) is 6.04 Å². The van der Waals surface area contributed by atoms with Gasteiger partial charge in [0.25, 0.3) is 0 Å². The molecular formula is C41H56N2O11. The Bertz CT molecular complexity index is 1610. The first-order valence-corrected chi connectivity index (χ1v) is 18.3. The first kappa shape index (κ1) is 45.4. The average Bonchev–Trinajstić information content (AvgIpc) is 3.14. The molecule has 13 nitrogen and oxygen atoms in total. The second kappa shape index (κ2) is 21.2. The lowest BCUT2D eigenvalue weighted by atomic mass is 9.61. The molecule has 0 aliphatic rings. The molecule has 0 saturated heterocycles. The quantitative estimate of drug-likeness (QED) is 0.0409. The summed E-state index contributed by atoms with van der Waals surface area (Å²) >= 11 is 0. The Morgan fingerprint density at radius 2 is 1.43 bits per heavy atom. The lowest BCUT2D eigenvalue weighted by molar-refractivity contribution is -0.163. The van der Waals surface area contributed by atoms with Gasteiger partial charge in [-0.05, 0) is 102 Å². The summed E-state index contributed by atoms with van der Waals surface area (Å²) < 4.78 is 20.9. The van der Waals surface area contributed by atoms with E-state index >= 15 is 0 Å². The van der Waals surface area contributed by atoms with Crippen LogP contribution < -0.4 is 0 Å². The number of methoxy groups -OCH3 is 1. The van der Waals surface area contributed by atoms with Gasteiger partial charge in [-0.3, -0.25) is 19.2 Å². The van der Waals surface area contributed by atoms with Crippen molar-refractivity contribution in [2.45, 2.75) is 99.0 Å². The first-order valence-electron chi connectivity index (χ1n) is 18.3. The molecule has 1 N–H and O–H groups in total. The Labute approximate surface area is 318 Å². The fourth-order valence-electron chi connectivity index (χ4n) is 6.80. The summed E-state index contributed by atoms with van der Waals surface area (Å²) in [5.74, 6) is -3.44. The Morgan fingerprint density at radius 3 is 1.98 bits per heavy atom. The van der Waals surface area contributed by atoms with Gasteiger partial charge in [-0.1, -0.05) is 44.2 Å². The molecule has 296 valence electrons.